The van der Waals surface area contributed by atoms with Gasteiger partial charge in [-0.3, -0.25) is 14.3 Å². The number of fused-ring (bicyclic) bond motifs is 2. The number of likely N-dealkylation sites (N-methyl/N-ethyl adjacent to an activating group) is 1. The zero-order chi connectivity index (χ0) is 21.4. The number of amides is 1. The molecule has 2 aromatic carbocycles. The summed E-state index contributed by atoms with van der Waals surface area (Å²) in [5.74, 6) is 0.110. The van der Waals surface area contributed by atoms with Crippen LogP contribution in [-0.2, 0) is 24.2 Å². The van der Waals surface area contributed by atoms with Gasteiger partial charge in [-0.25, -0.2) is 4.79 Å². The van der Waals surface area contributed by atoms with Gasteiger partial charge in [0.05, 0.1) is 11.0 Å². The highest BCUT2D eigenvalue weighted by atomic mass is 16.2. The third-order valence-electron chi connectivity index (χ3n) is 7.15. The van der Waals surface area contributed by atoms with Crippen LogP contribution in [0, 0.1) is 0 Å². The van der Waals surface area contributed by atoms with Gasteiger partial charge in [0.25, 0.3) is 0 Å². The fraction of sp³-hybridized carbons (Fsp3) is 0.440. The average molecular weight is 419 g/mol. The summed E-state index contributed by atoms with van der Waals surface area (Å²) in [7, 11) is 1.93. The zero-order valence-electron chi connectivity index (χ0n) is 18.1. The number of hydrogen-bond donors (Lipinski definition) is 1. The molecule has 5 rings (SSSR count). The molecule has 0 spiro atoms. The number of H-pyrrole nitrogens is 1. The maximum Gasteiger partial charge on any atom is 0.326 e. The number of carbonyl (C=O) groups is 1. The Labute approximate surface area is 182 Å². The monoisotopic (exact) mass is 418 g/mol. The highest BCUT2D eigenvalue weighted by Crippen LogP contribution is 2.28. The van der Waals surface area contributed by atoms with Gasteiger partial charge in [0.1, 0.15) is 0 Å². The van der Waals surface area contributed by atoms with Crippen LogP contribution in [0.1, 0.15) is 30.4 Å². The van der Waals surface area contributed by atoms with Crippen LogP contribution in [0.25, 0.3) is 11.0 Å². The molecule has 0 saturated carbocycles. The predicted octanol–water partition coefficient (Wildman–Crippen LogP) is 2.81. The van der Waals surface area contributed by atoms with Crippen molar-refractivity contribution in [3.8, 4) is 0 Å². The molecule has 1 aliphatic carbocycles. The number of carbonyl (C=O) groups excluding carboxylic acids is 1. The van der Waals surface area contributed by atoms with Gasteiger partial charge in [-0.1, -0.05) is 36.4 Å². The van der Waals surface area contributed by atoms with Crippen molar-refractivity contribution in [1.29, 1.82) is 0 Å². The van der Waals surface area contributed by atoms with Crippen LogP contribution in [0.4, 0.5) is 0 Å². The number of benzene rings is 2. The summed E-state index contributed by atoms with van der Waals surface area (Å²) in [6, 6.07) is 17.2. The summed E-state index contributed by atoms with van der Waals surface area (Å²) in [6.07, 6.45) is 4.74. The molecule has 162 valence electrons. The van der Waals surface area contributed by atoms with Crippen molar-refractivity contribution >= 4 is 16.9 Å². The maximum absolute atomic E-state index is 13.0. The number of imidazole rings is 1. The van der Waals surface area contributed by atoms with Crippen LogP contribution in [0.15, 0.2) is 53.3 Å². The van der Waals surface area contributed by atoms with E-state index in [1.807, 2.05) is 36.2 Å². The normalized spacial score (nSPS) is 19.6. The molecule has 2 aliphatic rings. The Morgan fingerprint density at radius 2 is 1.81 bits per heavy atom. The standard InChI is InChI=1S/C25H30N4O2/c1-27(24(30)12-14-29-23-11-5-4-10-22(23)26-25(29)31)20-9-6-13-28(17-20)21-15-18-7-2-3-8-19(18)16-21/h2-5,7-8,10-11,20-21H,6,9,12-17H2,1H3,(H,26,31). The van der Waals surface area contributed by atoms with Gasteiger partial charge in [-0.2, -0.15) is 0 Å². The number of aromatic amines is 1. The number of para-hydroxylation sites is 2. The number of nitrogens with zero attached hydrogens (tertiary/aromatic N) is 3. The van der Waals surface area contributed by atoms with E-state index in [1.54, 1.807) is 4.57 Å². The van der Waals surface area contributed by atoms with Gasteiger partial charge < -0.3 is 9.88 Å². The number of aryl methyl sites for hydroxylation is 1. The molecule has 1 N–H and O–H groups in total. The molecule has 3 aromatic rings. The van der Waals surface area contributed by atoms with E-state index in [2.05, 4.69) is 34.1 Å². The second-order valence-electron chi connectivity index (χ2n) is 8.98. The molecular formula is C25H30N4O2. The lowest BCUT2D eigenvalue weighted by atomic mass is 10.0. The third-order valence-corrected chi connectivity index (χ3v) is 7.15. The van der Waals surface area contributed by atoms with Crippen molar-refractivity contribution in [1.82, 2.24) is 19.4 Å². The second-order valence-corrected chi connectivity index (χ2v) is 8.98. The number of hydrogen-bond acceptors (Lipinski definition) is 3. The lowest BCUT2D eigenvalue weighted by molar-refractivity contribution is -0.133. The third kappa shape index (κ3) is 3.92. The van der Waals surface area contributed by atoms with Crippen molar-refractivity contribution in [3.05, 3.63) is 70.1 Å². The Morgan fingerprint density at radius 3 is 2.58 bits per heavy atom. The molecule has 1 aromatic heterocycles. The minimum atomic E-state index is -0.152. The molecule has 1 amide bonds. The topological polar surface area (TPSA) is 61.3 Å². The van der Waals surface area contributed by atoms with Gasteiger partial charge in [-0.05, 0) is 55.5 Å². The molecule has 6 heteroatoms. The molecule has 1 atom stereocenters. The highest BCUT2D eigenvalue weighted by Gasteiger charge is 2.32. The smallest absolute Gasteiger partial charge is 0.326 e. The van der Waals surface area contributed by atoms with Crippen molar-refractivity contribution in [2.45, 2.75) is 50.7 Å². The Hall–Kier alpha value is -2.86. The van der Waals surface area contributed by atoms with Crippen LogP contribution >= 0.6 is 0 Å². The largest absolute Gasteiger partial charge is 0.341 e. The first-order valence-corrected chi connectivity index (χ1v) is 11.3. The zero-order valence-corrected chi connectivity index (χ0v) is 18.1. The van der Waals surface area contributed by atoms with E-state index in [0.717, 1.165) is 49.8 Å². The summed E-state index contributed by atoms with van der Waals surface area (Å²) in [5.41, 5.74) is 4.47. The highest BCUT2D eigenvalue weighted by molar-refractivity contribution is 5.77. The van der Waals surface area contributed by atoms with Gasteiger partial charge in [0.15, 0.2) is 0 Å². The Balaban J connectivity index is 1.20. The number of aromatic nitrogens is 2. The summed E-state index contributed by atoms with van der Waals surface area (Å²) >= 11 is 0. The van der Waals surface area contributed by atoms with E-state index in [0.29, 0.717) is 19.0 Å². The molecule has 1 unspecified atom stereocenters. The number of rotatable bonds is 5. The predicted molar refractivity (Wildman–Crippen MR) is 122 cm³/mol. The first-order valence-electron chi connectivity index (χ1n) is 11.3. The summed E-state index contributed by atoms with van der Waals surface area (Å²) < 4.78 is 1.67. The molecular weight excluding hydrogens is 388 g/mol. The van der Waals surface area contributed by atoms with E-state index in [1.165, 1.54) is 11.1 Å². The first-order chi connectivity index (χ1) is 15.1. The van der Waals surface area contributed by atoms with Gasteiger partial charge in [0, 0.05) is 38.6 Å². The van der Waals surface area contributed by atoms with Crippen molar-refractivity contribution in [2.24, 2.45) is 0 Å². The van der Waals surface area contributed by atoms with Crippen LogP contribution in [0.3, 0.4) is 0 Å². The van der Waals surface area contributed by atoms with Gasteiger partial charge in [-0.15, -0.1) is 0 Å². The Kier molecular flexibility index (Phi) is 5.40. The van der Waals surface area contributed by atoms with Crippen LogP contribution in [0.5, 0.6) is 0 Å². The van der Waals surface area contributed by atoms with Crippen molar-refractivity contribution in [3.63, 3.8) is 0 Å². The van der Waals surface area contributed by atoms with E-state index < -0.39 is 0 Å². The minimum absolute atomic E-state index is 0.110. The molecule has 0 radical (unpaired) electrons. The molecule has 0 bridgehead atoms. The summed E-state index contributed by atoms with van der Waals surface area (Å²) in [6.45, 7) is 2.45. The lowest BCUT2D eigenvalue weighted by Crippen LogP contribution is -2.51. The maximum atomic E-state index is 13.0. The molecule has 1 aliphatic heterocycles. The fourth-order valence-corrected chi connectivity index (χ4v) is 5.34. The van der Waals surface area contributed by atoms with Gasteiger partial charge in [0.2, 0.25) is 5.91 Å². The van der Waals surface area contributed by atoms with Crippen molar-refractivity contribution in [2.75, 3.05) is 20.1 Å². The van der Waals surface area contributed by atoms with Crippen LogP contribution in [0.2, 0.25) is 0 Å². The van der Waals surface area contributed by atoms with Crippen molar-refractivity contribution < 1.29 is 4.79 Å². The van der Waals surface area contributed by atoms with E-state index in [4.69, 9.17) is 0 Å². The molecule has 31 heavy (non-hydrogen) atoms. The SMILES string of the molecule is CN(C(=O)CCn1c(=O)[nH]c2ccccc21)C1CCCN(C2Cc3ccccc3C2)C1. The fourth-order valence-electron chi connectivity index (χ4n) is 5.34. The Morgan fingerprint density at radius 1 is 1.10 bits per heavy atom. The Bertz CT molecular complexity index is 1120. The van der Waals surface area contributed by atoms with Crippen LogP contribution < -0.4 is 5.69 Å². The quantitative estimate of drug-likeness (QED) is 0.693. The average Bonchev–Trinajstić information content (AvgIpc) is 3.37. The molecule has 1 saturated heterocycles. The summed E-state index contributed by atoms with van der Waals surface area (Å²) in [4.78, 5) is 32.6. The van der Waals surface area contributed by atoms with Crippen LogP contribution in [-0.4, -0.2) is 57.5 Å². The van der Waals surface area contributed by atoms with E-state index in [-0.39, 0.29) is 17.6 Å². The number of nitrogens with one attached hydrogen (secondary N) is 1. The first kappa shape index (κ1) is 20.1. The van der Waals surface area contributed by atoms with E-state index >= 15 is 0 Å². The molecule has 1 fully saturated rings. The second kappa shape index (κ2) is 8.35. The number of piperidine rings is 1. The van der Waals surface area contributed by atoms with E-state index in [9.17, 15) is 9.59 Å². The van der Waals surface area contributed by atoms with Gasteiger partial charge >= 0.3 is 5.69 Å². The molecule has 2 heterocycles. The summed E-state index contributed by atoms with van der Waals surface area (Å²) in [5, 5.41) is 0. The molecule has 6 nitrogen and oxygen atoms in total. The minimum Gasteiger partial charge on any atom is -0.341 e. The lowest BCUT2D eigenvalue weighted by Gasteiger charge is -2.40. The number of likely N-dealkylation sites (tertiary alicyclic amines) is 1.